The fourth-order valence-corrected chi connectivity index (χ4v) is 3.49. The molecule has 10 heteroatoms. The first kappa shape index (κ1) is 23.6. The minimum Gasteiger partial charge on any atom is -0.462 e. The molecule has 1 aromatic carbocycles. The number of rotatable bonds is 3. The number of hydrogen-bond acceptors (Lipinski definition) is 6. The van der Waals surface area contributed by atoms with E-state index in [-0.39, 0.29) is 17.7 Å². The van der Waals surface area contributed by atoms with Crippen LogP contribution in [-0.4, -0.2) is 60.3 Å². The maximum atomic E-state index is 13.2. The fourth-order valence-electron chi connectivity index (χ4n) is 3.49. The van der Waals surface area contributed by atoms with E-state index in [4.69, 9.17) is 9.47 Å². The van der Waals surface area contributed by atoms with E-state index in [0.717, 1.165) is 12.1 Å². The molecule has 2 heterocycles. The van der Waals surface area contributed by atoms with Gasteiger partial charge in [0, 0.05) is 37.8 Å². The lowest BCUT2D eigenvalue weighted by molar-refractivity contribution is -0.137. The van der Waals surface area contributed by atoms with Crippen molar-refractivity contribution < 1.29 is 32.2 Å². The number of carbonyl (C=O) groups excluding carboxylic acids is 2. The highest BCUT2D eigenvalue weighted by molar-refractivity contribution is 6.05. The molecule has 0 unspecified atom stereocenters. The molecule has 1 aromatic heterocycles. The standard InChI is InChI=1S/C22H26F3N3O4/c1-5-31-19(29)16-13-26-17-12-14(22(23,24)25)6-7-15(17)18(16)27-8-10-28(11-9-27)20(30)32-21(2,3)4/h6-7,12-13H,5,8-11H2,1-4H3. The average Bonchev–Trinajstić information content (AvgIpc) is 2.71. The molecule has 0 bridgehead atoms. The third kappa shape index (κ3) is 5.23. The molecule has 0 aliphatic carbocycles. The highest BCUT2D eigenvalue weighted by Gasteiger charge is 2.32. The Hall–Kier alpha value is -3.04. The van der Waals surface area contributed by atoms with Crippen molar-refractivity contribution in [3.63, 3.8) is 0 Å². The number of fused-ring (bicyclic) bond motifs is 1. The predicted molar refractivity (Wildman–Crippen MR) is 113 cm³/mol. The highest BCUT2D eigenvalue weighted by Crippen LogP contribution is 2.36. The molecule has 0 spiro atoms. The third-order valence-corrected chi connectivity index (χ3v) is 4.91. The van der Waals surface area contributed by atoms with Gasteiger partial charge in [0.15, 0.2) is 0 Å². The number of anilines is 1. The summed E-state index contributed by atoms with van der Waals surface area (Å²) in [6.07, 6.45) is -3.69. The lowest BCUT2D eigenvalue weighted by Crippen LogP contribution is -2.50. The quantitative estimate of drug-likeness (QED) is 0.638. The van der Waals surface area contributed by atoms with E-state index in [0.29, 0.717) is 37.3 Å². The molecule has 1 aliphatic heterocycles. The number of nitrogens with zero attached hydrogens (tertiary/aromatic N) is 3. The lowest BCUT2D eigenvalue weighted by Gasteiger charge is -2.37. The topological polar surface area (TPSA) is 72.0 Å². The van der Waals surface area contributed by atoms with Gasteiger partial charge in [-0.25, -0.2) is 9.59 Å². The van der Waals surface area contributed by atoms with Gasteiger partial charge < -0.3 is 19.3 Å². The number of esters is 1. The number of amides is 1. The number of halogens is 3. The monoisotopic (exact) mass is 453 g/mol. The van der Waals surface area contributed by atoms with E-state index in [1.807, 2.05) is 4.90 Å². The summed E-state index contributed by atoms with van der Waals surface area (Å²) >= 11 is 0. The van der Waals surface area contributed by atoms with Crippen molar-refractivity contribution >= 4 is 28.7 Å². The summed E-state index contributed by atoms with van der Waals surface area (Å²) in [5.41, 5.74) is -0.696. The van der Waals surface area contributed by atoms with Gasteiger partial charge >= 0.3 is 18.2 Å². The molecule has 0 saturated carbocycles. The van der Waals surface area contributed by atoms with Crippen molar-refractivity contribution in [3.8, 4) is 0 Å². The molecule has 3 rings (SSSR count). The summed E-state index contributed by atoms with van der Waals surface area (Å²) < 4.78 is 50.0. The number of ether oxygens (including phenoxy) is 2. The van der Waals surface area contributed by atoms with E-state index < -0.39 is 29.4 Å². The minimum absolute atomic E-state index is 0.123. The Bertz CT molecular complexity index is 1010. The van der Waals surface area contributed by atoms with E-state index >= 15 is 0 Å². The fraction of sp³-hybridized carbons (Fsp3) is 0.500. The number of alkyl halides is 3. The predicted octanol–water partition coefficient (Wildman–Crippen LogP) is 4.49. The average molecular weight is 453 g/mol. The number of piperazine rings is 1. The zero-order chi connectivity index (χ0) is 23.7. The molecule has 1 aliphatic rings. The number of benzene rings is 1. The van der Waals surface area contributed by atoms with Crippen molar-refractivity contribution in [3.05, 3.63) is 35.5 Å². The smallest absolute Gasteiger partial charge is 0.416 e. The van der Waals surface area contributed by atoms with Crippen molar-refractivity contribution in [2.45, 2.75) is 39.5 Å². The van der Waals surface area contributed by atoms with Gasteiger partial charge in [0.25, 0.3) is 0 Å². The highest BCUT2D eigenvalue weighted by atomic mass is 19.4. The summed E-state index contributed by atoms with van der Waals surface area (Å²) in [7, 11) is 0. The van der Waals surface area contributed by atoms with Crippen LogP contribution in [0.15, 0.2) is 24.4 Å². The van der Waals surface area contributed by atoms with Crippen molar-refractivity contribution in [2.75, 3.05) is 37.7 Å². The number of aromatic nitrogens is 1. The Labute approximate surface area is 184 Å². The molecule has 0 radical (unpaired) electrons. The molecular formula is C22H26F3N3O4. The van der Waals surface area contributed by atoms with Gasteiger partial charge in [-0.1, -0.05) is 6.07 Å². The van der Waals surface area contributed by atoms with Crippen LogP contribution in [0.2, 0.25) is 0 Å². The van der Waals surface area contributed by atoms with Crippen molar-refractivity contribution in [2.24, 2.45) is 0 Å². The van der Waals surface area contributed by atoms with Crippen LogP contribution in [0.5, 0.6) is 0 Å². The van der Waals surface area contributed by atoms with Crippen LogP contribution in [0.4, 0.5) is 23.7 Å². The molecule has 174 valence electrons. The van der Waals surface area contributed by atoms with Gasteiger partial charge in [-0.05, 0) is 39.8 Å². The minimum atomic E-state index is -4.51. The molecular weight excluding hydrogens is 427 g/mol. The molecule has 0 atom stereocenters. The Morgan fingerprint density at radius 1 is 1.09 bits per heavy atom. The van der Waals surface area contributed by atoms with Gasteiger partial charge in [-0.2, -0.15) is 13.2 Å². The first-order chi connectivity index (χ1) is 14.9. The largest absolute Gasteiger partial charge is 0.462 e. The summed E-state index contributed by atoms with van der Waals surface area (Å²) in [6.45, 7) is 8.57. The number of carbonyl (C=O) groups is 2. The Morgan fingerprint density at radius 2 is 1.75 bits per heavy atom. The second kappa shape index (κ2) is 8.84. The van der Waals surface area contributed by atoms with E-state index in [1.165, 1.54) is 12.3 Å². The SMILES string of the molecule is CCOC(=O)c1cnc2cc(C(F)(F)F)ccc2c1N1CCN(C(=O)OC(C)(C)C)CC1. The maximum Gasteiger partial charge on any atom is 0.416 e. The third-order valence-electron chi connectivity index (χ3n) is 4.91. The van der Waals surface area contributed by atoms with Crippen LogP contribution in [0.25, 0.3) is 10.9 Å². The van der Waals surface area contributed by atoms with Gasteiger partial charge in [-0.15, -0.1) is 0 Å². The van der Waals surface area contributed by atoms with Crippen molar-refractivity contribution in [1.29, 1.82) is 0 Å². The van der Waals surface area contributed by atoms with E-state index in [1.54, 1.807) is 32.6 Å². The van der Waals surface area contributed by atoms with E-state index in [2.05, 4.69) is 4.98 Å². The summed E-state index contributed by atoms with van der Waals surface area (Å²) in [4.78, 5) is 32.4. The second-order valence-electron chi connectivity index (χ2n) is 8.43. The lowest BCUT2D eigenvalue weighted by atomic mass is 10.0. The van der Waals surface area contributed by atoms with Gasteiger partial charge in [0.1, 0.15) is 11.2 Å². The first-order valence-corrected chi connectivity index (χ1v) is 10.3. The van der Waals surface area contributed by atoms with Crippen LogP contribution in [0, 0.1) is 0 Å². The van der Waals surface area contributed by atoms with Crippen LogP contribution >= 0.6 is 0 Å². The Morgan fingerprint density at radius 3 is 2.31 bits per heavy atom. The van der Waals surface area contributed by atoms with Crippen LogP contribution in [0.1, 0.15) is 43.6 Å². The normalized spacial score (nSPS) is 15.1. The van der Waals surface area contributed by atoms with Crippen LogP contribution in [-0.2, 0) is 15.7 Å². The van der Waals surface area contributed by atoms with Crippen LogP contribution in [0.3, 0.4) is 0 Å². The van der Waals surface area contributed by atoms with Crippen molar-refractivity contribution in [1.82, 2.24) is 9.88 Å². The van der Waals surface area contributed by atoms with Gasteiger partial charge in [0.05, 0.1) is 23.4 Å². The Kier molecular flexibility index (Phi) is 6.52. The van der Waals surface area contributed by atoms with Crippen LogP contribution < -0.4 is 4.90 Å². The first-order valence-electron chi connectivity index (χ1n) is 10.3. The van der Waals surface area contributed by atoms with E-state index in [9.17, 15) is 22.8 Å². The summed E-state index contributed by atoms with van der Waals surface area (Å²) in [5.74, 6) is -0.605. The maximum absolute atomic E-state index is 13.2. The second-order valence-corrected chi connectivity index (χ2v) is 8.43. The number of hydrogen-bond donors (Lipinski definition) is 0. The van der Waals surface area contributed by atoms with Gasteiger partial charge in [-0.3, -0.25) is 4.98 Å². The number of pyridine rings is 1. The molecule has 2 aromatic rings. The molecule has 1 saturated heterocycles. The molecule has 0 N–H and O–H groups in total. The molecule has 7 nitrogen and oxygen atoms in total. The molecule has 1 fully saturated rings. The molecule has 1 amide bonds. The molecule has 32 heavy (non-hydrogen) atoms. The zero-order valence-corrected chi connectivity index (χ0v) is 18.5. The Balaban J connectivity index is 1.95. The summed E-state index contributed by atoms with van der Waals surface area (Å²) in [5, 5.41) is 0.411. The zero-order valence-electron chi connectivity index (χ0n) is 18.5. The van der Waals surface area contributed by atoms with Gasteiger partial charge in [0.2, 0.25) is 0 Å². The summed E-state index contributed by atoms with van der Waals surface area (Å²) in [6, 6.07) is 3.26.